The average Bonchev–Trinajstić information content (AvgIpc) is 3.59. The molecule has 0 radical (unpaired) electrons. The number of benzene rings is 6. The van der Waals surface area contributed by atoms with Crippen molar-refractivity contribution in [2.75, 3.05) is 0 Å². The number of aromatic nitrogens is 2. The van der Waals surface area contributed by atoms with Crippen LogP contribution in [-0.4, -0.2) is 9.55 Å². The maximum absolute atomic E-state index is 5.12. The van der Waals surface area contributed by atoms with E-state index in [0.29, 0.717) is 5.92 Å². The van der Waals surface area contributed by atoms with Crippen molar-refractivity contribution < 1.29 is 0 Å². The van der Waals surface area contributed by atoms with Gasteiger partial charge in [-0.2, -0.15) is 0 Å². The summed E-state index contributed by atoms with van der Waals surface area (Å²) in [6, 6.07) is 45.8. The Hall–Kier alpha value is -6.51. The van der Waals surface area contributed by atoms with Gasteiger partial charge in [-0.15, -0.1) is 0 Å². The van der Waals surface area contributed by atoms with Crippen molar-refractivity contribution in [2.24, 2.45) is 5.92 Å². The lowest BCUT2D eigenvalue weighted by molar-refractivity contribution is 0.834. The summed E-state index contributed by atoms with van der Waals surface area (Å²) in [5.41, 5.74) is 16.4. The van der Waals surface area contributed by atoms with Crippen LogP contribution in [0.4, 0.5) is 0 Å². The van der Waals surface area contributed by atoms with E-state index >= 15 is 0 Å². The Morgan fingerprint density at radius 2 is 1.22 bits per heavy atom. The third-order valence-corrected chi connectivity index (χ3v) is 11.1. The van der Waals surface area contributed by atoms with E-state index in [0.717, 1.165) is 34.5 Å². The average molecular weight is 649 g/mol. The molecule has 11 rings (SSSR count). The van der Waals surface area contributed by atoms with Gasteiger partial charge in [0.2, 0.25) is 0 Å². The topological polar surface area (TPSA) is 17.8 Å². The molecule has 4 aliphatic rings. The number of hydrogen-bond acceptors (Lipinski definition) is 1. The summed E-state index contributed by atoms with van der Waals surface area (Å²) < 4.78 is 2.27. The van der Waals surface area contributed by atoms with Gasteiger partial charge < -0.3 is 0 Å². The van der Waals surface area contributed by atoms with Gasteiger partial charge >= 0.3 is 0 Å². The molecule has 0 amide bonds. The number of rotatable bonds is 4. The molecule has 1 atom stereocenters. The van der Waals surface area contributed by atoms with E-state index in [1.807, 2.05) is 0 Å². The molecule has 0 bridgehead atoms. The fourth-order valence-electron chi connectivity index (χ4n) is 8.86. The highest BCUT2D eigenvalue weighted by Gasteiger charge is 2.33. The van der Waals surface area contributed by atoms with Crippen LogP contribution in [0, 0.1) is 5.92 Å². The van der Waals surface area contributed by atoms with Gasteiger partial charge in [-0.05, 0) is 102 Å². The molecule has 2 heteroatoms. The van der Waals surface area contributed by atoms with Crippen LogP contribution >= 0.6 is 0 Å². The van der Waals surface area contributed by atoms with E-state index in [1.54, 1.807) is 0 Å². The van der Waals surface area contributed by atoms with Gasteiger partial charge in [-0.3, -0.25) is 4.57 Å². The molecule has 0 fully saturated rings. The van der Waals surface area contributed by atoms with Gasteiger partial charge in [-0.1, -0.05) is 152 Å². The minimum absolute atomic E-state index is 0.323. The Balaban J connectivity index is 1.08. The van der Waals surface area contributed by atoms with Gasteiger partial charge in [0.25, 0.3) is 0 Å². The lowest BCUT2D eigenvalue weighted by atomic mass is 9.67. The minimum Gasteiger partial charge on any atom is -0.292 e. The zero-order chi connectivity index (χ0) is 33.5. The molecule has 6 aromatic carbocycles. The summed E-state index contributed by atoms with van der Waals surface area (Å²) in [5, 5.41) is 5.07. The van der Waals surface area contributed by atoms with Crippen molar-refractivity contribution in [1.82, 2.24) is 9.55 Å². The molecular formula is C49H32N2. The van der Waals surface area contributed by atoms with E-state index in [9.17, 15) is 0 Å². The van der Waals surface area contributed by atoms with E-state index in [1.165, 1.54) is 71.7 Å². The second kappa shape index (κ2) is 11.0. The number of imidazole rings is 1. The first kappa shape index (κ1) is 28.3. The highest BCUT2D eigenvalue weighted by atomic mass is 15.1. The molecule has 0 spiro atoms. The summed E-state index contributed by atoms with van der Waals surface area (Å²) in [5.74, 6) is 1.27. The van der Waals surface area contributed by atoms with Crippen LogP contribution in [0.3, 0.4) is 0 Å². The summed E-state index contributed by atoms with van der Waals surface area (Å²) in [7, 11) is 0. The van der Waals surface area contributed by atoms with E-state index < -0.39 is 0 Å². The zero-order valence-electron chi connectivity index (χ0n) is 27.9. The second-order valence-corrected chi connectivity index (χ2v) is 13.9. The van der Waals surface area contributed by atoms with Crippen LogP contribution in [0.25, 0.3) is 66.4 Å². The molecular weight excluding hydrogens is 617 g/mol. The van der Waals surface area contributed by atoms with Gasteiger partial charge in [0.1, 0.15) is 5.82 Å². The number of fused-ring (bicyclic) bond motifs is 3. The Morgan fingerprint density at radius 1 is 0.549 bits per heavy atom. The molecule has 51 heavy (non-hydrogen) atoms. The van der Waals surface area contributed by atoms with Crippen molar-refractivity contribution >= 4 is 38.2 Å². The second-order valence-electron chi connectivity index (χ2n) is 13.9. The van der Waals surface area contributed by atoms with E-state index in [4.69, 9.17) is 4.98 Å². The SMILES string of the molecule is C1=CC2=C3C(=CC=C4C=C(c5c6ccccc6c(-c6ccc(-c7nc8ccccc8n7-c7ccccc7)cc6)c6ccccc56)C=C(C=C2)C43)C1. The first-order chi connectivity index (χ1) is 25.3. The molecule has 7 aromatic rings. The van der Waals surface area contributed by atoms with Crippen LogP contribution in [0.5, 0.6) is 0 Å². The van der Waals surface area contributed by atoms with E-state index in [2.05, 4.69) is 181 Å². The molecule has 1 unspecified atom stereocenters. The molecule has 0 saturated carbocycles. The minimum atomic E-state index is 0.323. The predicted molar refractivity (Wildman–Crippen MR) is 213 cm³/mol. The Bertz CT molecular complexity index is 2790. The first-order valence-corrected chi connectivity index (χ1v) is 17.8. The summed E-state index contributed by atoms with van der Waals surface area (Å²) in [6.45, 7) is 0. The highest BCUT2D eigenvalue weighted by molar-refractivity contribution is 6.19. The molecule has 0 aliphatic heterocycles. The first-order valence-electron chi connectivity index (χ1n) is 17.8. The normalized spacial score (nSPS) is 17.4. The Kier molecular flexibility index (Phi) is 6.11. The van der Waals surface area contributed by atoms with Gasteiger partial charge in [0.15, 0.2) is 0 Å². The van der Waals surface area contributed by atoms with Crippen molar-refractivity contribution in [3.05, 3.63) is 209 Å². The lowest BCUT2D eigenvalue weighted by Gasteiger charge is -2.36. The van der Waals surface area contributed by atoms with Crippen LogP contribution in [0.1, 0.15) is 12.0 Å². The fraction of sp³-hybridized carbons (Fsp3) is 0.0408. The standard InChI is InChI=1S/C49H32N2/c1-2-13-38(14-3-1)51-44-20-9-8-19-43(44)50-49(51)34-25-21-33(22-26-34)47-39-15-4-6-17-41(39)48(42-18-7-5-16-40(42)47)37-29-35-27-23-31-11-10-12-32-24-28-36(30-37)46(35)45(31)32/h1-11,13-30,46H,12H2. The lowest BCUT2D eigenvalue weighted by Crippen LogP contribution is -2.21. The van der Waals surface area contributed by atoms with Crippen LogP contribution < -0.4 is 0 Å². The van der Waals surface area contributed by atoms with Gasteiger partial charge in [0, 0.05) is 17.2 Å². The van der Waals surface area contributed by atoms with Crippen LogP contribution in [0.15, 0.2) is 204 Å². The number of allylic oxidation sites excluding steroid dienone is 14. The molecule has 1 heterocycles. The van der Waals surface area contributed by atoms with Crippen LogP contribution in [0.2, 0.25) is 0 Å². The quantitative estimate of drug-likeness (QED) is 0.174. The van der Waals surface area contributed by atoms with Crippen molar-refractivity contribution in [3.8, 4) is 28.2 Å². The molecule has 0 N–H and O–H groups in total. The highest BCUT2D eigenvalue weighted by Crippen LogP contribution is 2.50. The number of hydrogen-bond donors (Lipinski definition) is 0. The van der Waals surface area contributed by atoms with Crippen molar-refractivity contribution in [1.29, 1.82) is 0 Å². The third-order valence-electron chi connectivity index (χ3n) is 11.1. The predicted octanol–water partition coefficient (Wildman–Crippen LogP) is 12.3. The van der Waals surface area contributed by atoms with E-state index in [-0.39, 0.29) is 0 Å². The third kappa shape index (κ3) is 4.26. The largest absolute Gasteiger partial charge is 0.292 e. The number of nitrogens with zero attached hydrogens (tertiary/aromatic N) is 2. The van der Waals surface area contributed by atoms with Crippen molar-refractivity contribution in [2.45, 2.75) is 6.42 Å². The smallest absolute Gasteiger partial charge is 0.145 e. The monoisotopic (exact) mass is 648 g/mol. The van der Waals surface area contributed by atoms with Gasteiger partial charge in [-0.25, -0.2) is 4.98 Å². The van der Waals surface area contributed by atoms with Gasteiger partial charge in [0.05, 0.1) is 11.0 Å². The summed E-state index contributed by atoms with van der Waals surface area (Å²) in [6.07, 6.45) is 19.9. The molecule has 0 saturated heterocycles. The Morgan fingerprint density at radius 3 is 1.98 bits per heavy atom. The summed E-state index contributed by atoms with van der Waals surface area (Å²) in [4.78, 5) is 5.12. The van der Waals surface area contributed by atoms with Crippen LogP contribution in [-0.2, 0) is 0 Å². The summed E-state index contributed by atoms with van der Waals surface area (Å²) >= 11 is 0. The molecule has 1 aromatic heterocycles. The fourth-order valence-corrected chi connectivity index (χ4v) is 8.86. The maximum atomic E-state index is 5.12. The maximum Gasteiger partial charge on any atom is 0.145 e. The molecule has 4 aliphatic carbocycles. The Labute approximate surface area is 296 Å². The van der Waals surface area contributed by atoms with Crippen molar-refractivity contribution in [3.63, 3.8) is 0 Å². The molecule has 2 nitrogen and oxygen atoms in total. The molecule has 238 valence electrons. The zero-order valence-corrected chi connectivity index (χ0v) is 27.9. The number of para-hydroxylation sites is 3.